The molecule has 0 spiro atoms. The molecule has 38 heavy (non-hydrogen) atoms. The van der Waals surface area contributed by atoms with E-state index in [0.717, 1.165) is 31.7 Å². The Morgan fingerprint density at radius 3 is 1.97 bits per heavy atom. The predicted molar refractivity (Wildman–Crippen MR) is 160 cm³/mol. The fourth-order valence-electron chi connectivity index (χ4n) is 4.00. The largest absolute Gasteiger partial charge is 0.352 e. The van der Waals surface area contributed by atoms with Crippen molar-refractivity contribution in [2.75, 3.05) is 17.1 Å². The van der Waals surface area contributed by atoms with Crippen molar-refractivity contribution in [1.29, 1.82) is 0 Å². The Balaban J connectivity index is 2.03. The van der Waals surface area contributed by atoms with E-state index in [1.807, 2.05) is 74.5 Å². The first-order valence-electron chi connectivity index (χ1n) is 12.5. The molecule has 202 valence electrons. The van der Waals surface area contributed by atoms with Crippen LogP contribution in [-0.4, -0.2) is 50.0 Å². The number of nitrogens with one attached hydrogen (secondary N) is 1. The summed E-state index contributed by atoms with van der Waals surface area (Å²) in [5.74, 6) is -0.731. The van der Waals surface area contributed by atoms with E-state index in [1.54, 1.807) is 24.3 Å². The van der Waals surface area contributed by atoms with Gasteiger partial charge in [0.25, 0.3) is 0 Å². The number of hydrogen-bond donors (Lipinski definition) is 1. The third kappa shape index (κ3) is 8.56. The van der Waals surface area contributed by atoms with E-state index < -0.39 is 28.5 Å². The van der Waals surface area contributed by atoms with Gasteiger partial charge in [-0.1, -0.05) is 67.6 Å². The molecule has 0 heterocycles. The van der Waals surface area contributed by atoms with Crippen molar-refractivity contribution in [2.24, 2.45) is 0 Å². The van der Waals surface area contributed by atoms with E-state index in [4.69, 9.17) is 0 Å². The molecule has 9 heteroatoms. The molecule has 0 saturated carbocycles. The zero-order valence-corrected chi connectivity index (χ0v) is 24.9. The average molecular weight is 648 g/mol. The summed E-state index contributed by atoms with van der Waals surface area (Å²) in [4.78, 5) is 29.1. The van der Waals surface area contributed by atoms with Crippen LogP contribution in [0.4, 0.5) is 5.69 Å². The molecular formula is C29H34IN3O4S. The summed E-state index contributed by atoms with van der Waals surface area (Å²) in [5.41, 5.74) is 2.14. The molecule has 0 bridgehead atoms. The molecule has 0 aliphatic rings. The smallest absolute Gasteiger partial charge is 0.244 e. The van der Waals surface area contributed by atoms with Gasteiger partial charge in [-0.2, -0.15) is 0 Å². The highest BCUT2D eigenvalue weighted by molar-refractivity contribution is 14.1. The minimum Gasteiger partial charge on any atom is -0.352 e. The summed E-state index contributed by atoms with van der Waals surface area (Å²) >= 11 is 2.14. The molecule has 0 unspecified atom stereocenters. The van der Waals surface area contributed by atoms with Crippen molar-refractivity contribution < 1.29 is 18.0 Å². The number of amides is 2. The number of anilines is 1. The third-order valence-electron chi connectivity index (χ3n) is 6.26. The minimum absolute atomic E-state index is 0.0752. The number of nitrogens with zero attached hydrogens (tertiary/aromatic N) is 2. The van der Waals surface area contributed by atoms with Crippen LogP contribution < -0.4 is 9.62 Å². The molecular weight excluding hydrogens is 613 g/mol. The van der Waals surface area contributed by atoms with Crippen LogP contribution in [0.5, 0.6) is 0 Å². The lowest BCUT2D eigenvalue weighted by Crippen LogP contribution is -2.54. The van der Waals surface area contributed by atoms with Gasteiger partial charge in [-0.05, 0) is 71.3 Å². The van der Waals surface area contributed by atoms with Gasteiger partial charge in [-0.25, -0.2) is 8.42 Å². The van der Waals surface area contributed by atoms with E-state index >= 15 is 0 Å². The maximum absolute atomic E-state index is 14.0. The lowest BCUT2D eigenvalue weighted by molar-refractivity contribution is -0.140. The van der Waals surface area contributed by atoms with Gasteiger partial charge in [0.2, 0.25) is 21.8 Å². The molecule has 0 aliphatic carbocycles. The zero-order chi connectivity index (χ0) is 27.7. The SMILES string of the molecule is CC[C@@H](C)NC(=O)[C@@H](Cc1ccccc1)N(Cc1ccccc1)C(=O)CN(c1ccc(I)cc1)S(C)(=O)=O. The van der Waals surface area contributed by atoms with Gasteiger partial charge in [0, 0.05) is 22.6 Å². The Kier molecular flexibility index (Phi) is 10.7. The molecule has 0 radical (unpaired) electrons. The van der Waals surface area contributed by atoms with E-state index in [1.165, 1.54) is 4.90 Å². The normalized spacial score (nSPS) is 12.8. The predicted octanol–water partition coefficient (Wildman–Crippen LogP) is 4.61. The van der Waals surface area contributed by atoms with Crippen LogP contribution in [0.15, 0.2) is 84.9 Å². The molecule has 3 aromatic carbocycles. The molecule has 0 saturated heterocycles. The summed E-state index contributed by atoms with van der Waals surface area (Å²) in [6.07, 6.45) is 2.12. The highest BCUT2D eigenvalue weighted by atomic mass is 127. The molecule has 3 rings (SSSR count). The fraction of sp³-hybridized carbons (Fsp3) is 0.310. The van der Waals surface area contributed by atoms with Gasteiger partial charge in [-0.15, -0.1) is 0 Å². The van der Waals surface area contributed by atoms with Crippen molar-refractivity contribution in [3.63, 3.8) is 0 Å². The number of benzene rings is 3. The Bertz CT molecular complexity index is 1300. The Morgan fingerprint density at radius 1 is 0.895 bits per heavy atom. The average Bonchev–Trinajstić information content (AvgIpc) is 2.90. The lowest BCUT2D eigenvalue weighted by Gasteiger charge is -2.34. The zero-order valence-electron chi connectivity index (χ0n) is 21.9. The summed E-state index contributed by atoms with van der Waals surface area (Å²) < 4.78 is 27.6. The second-order valence-electron chi connectivity index (χ2n) is 9.28. The first-order chi connectivity index (χ1) is 18.1. The topological polar surface area (TPSA) is 86.8 Å². The Morgan fingerprint density at radius 2 is 1.45 bits per heavy atom. The standard InChI is InChI=1S/C29H34IN3O4S/c1-4-22(2)31-29(35)27(19-23-11-7-5-8-12-23)32(20-24-13-9-6-10-14-24)28(34)21-33(38(3,36)37)26-17-15-25(30)16-18-26/h5-18,22,27H,4,19-21H2,1-3H3,(H,31,35)/t22-,27-/m1/s1. The second-order valence-corrected chi connectivity index (χ2v) is 12.4. The van der Waals surface area contributed by atoms with Gasteiger partial charge in [0.1, 0.15) is 12.6 Å². The number of hydrogen-bond acceptors (Lipinski definition) is 4. The van der Waals surface area contributed by atoms with Gasteiger partial charge in [0.15, 0.2) is 0 Å². The highest BCUT2D eigenvalue weighted by Gasteiger charge is 2.33. The first kappa shape index (κ1) is 29.6. The van der Waals surface area contributed by atoms with Crippen LogP contribution >= 0.6 is 22.6 Å². The number of carbonyl (C=O) groups excluding carboxylic acids is 2. The summed E-state index contributed by atoms with van der Waals surface area (Å²) in [7, 11) is -3.78. The Labute approximate surface area is 239 Å². The van der Waals surface area contributed by atoms with E-state index in [0.29, 0.717) is 12.1 Å². The van der Waals surface area contributed by atoms with Crippen molar-refractivity contribution >= 4 is 50.1 Å². The first-order valence-corrected chi connectivity index (χ1v) is 15.4. The number of sulfonamides is 1. The van der Waals surface area contributed by atoms with Crippen molar-refractivity contribution in [2.45, 2.75) is 45.3 Å². The van der Waals surface area contributed by atoms with Crippen molar-refractivity contribution in [1.82, 2.24) is 10.2 Å². The minimum atomic E-state index is -3.78. The highest BCUT2D eigenvalue weighted by Crippen LogP contribution is 2.21. The molecule has 0 aromatic heterocycles. The number of rotatable bonds is 12. The molecule has 2 amide bonds. The molecule has 0 fully saturated rings. The molecule has 2 atom stereocenters. The van der Waals surface area contributed by atoms with Gasteiger partial charge in [-0.3, -0.25) is 13.9 Å². The maximum Gasteiger partial charge on any atom is 0.244 e. The molecule has 0 aliphatic heterocycles. The lowest BCUT2D eigenvalue weighted by atomic mass is 10.0. The van der Waals surface area contributed by atoms with Crippen LogP contribution in [-0.2, 0) is 32.6 Å². The van der Waals surface area contributed by atoms with Crippen molar-refractivity contribution in [3.05, 3.63) is 99.6 Å². The van der Waals surface area contributed by atoms with Crippen LogP contribution in [0.3, 0.4) is 0 Å². The van der Waals surface area contributed by atoms with Gasteiger partial charge < -0.3 is 10.2 Å². The molecule has 7 nitrogen and oxygen atoms in total. The van der Waals surface area contributed by atoms with Crippen LogP contribution in [0, 0.1) is 3.57 Å². The monoisotopic (exact) mass is 647 g/mol. The van der Waals surface area contributed by atoms with E-state index in [-0.39, 0.29) is 18.5 Å². The van der Waals surface area contributed by atoms with Crippen molar-refractivity contribution in [3.8, 4) is 0 Å². The molecule has 3 aromatic rings. The van der Waals surface area contributed by atoms with E-state index in [2.05, 4.69) is 27.9 Å². The maximum atomic E-state index is 14.0. The van der Waals surface area contributed by atoms with Crippen LogP contribution in [0.25, 0.3) is 0 Å². The summed E-state index contributed by atoms with van der Waals surface area (Å²) in [6, 6.07) is 25.0. The fourth-order valence-corrected chi connectivity index (χ4v) is 5.21. The number of halogens is 1. The van der Waals surface area contributed by atoms with Crippen LogP contribution in [0.1, 0.15) is 31.4 Å². The Hall–Kier alpha value is -2.92. The molecule has 1 N–H and O–H groups in total. The van der Waals surface area contributed by atoms with Gasteiger partial charge in [0.05, 0.1) is 11.9 Å². The third-order valence-corrected chi connectivity index (χ3v) is 8.12. The summed E-state index contributed by atoms with van der Waals surface area (Å²) in [6.45, 7) is 3.64. The quantitative estimate of drug-likeness (QED) is 0.291. The van der Waals surface area contributed by atoms with Gasteiger partial charge >= 0.3 is 0 Å². The second kappa shape index (κ2) is 13.7. The van der Waals surface area contributed by atoms with E-state index in [9.17, 15) is 18.0 Å². The summed E-state index contributed by atoms with van der Waals surface area (Å²) in [5, 5.41) is 3.03. The number of carbonyl (C=O) groups is 2. The van der Waals surface area contributed by atoms with Crippen LogP contribution in [0.2, 0.25) is 0 Å².